The topological polar surface area (TPSA) is 55.3 Å². The average Bonchev–Trinajstić information content (AvgIpc) is 2.55. The summed E-state index contributed by atoms with van der Waals surface area (Å²) in [6.45, 7) is 6.09. The highest BCUT2D eigenvalue weighted by atomic mass is 16.5. The number of aromatic nitrogens is 2. The normalized spacial score (nSPS) is 11.8. The van der Waals surface area contributed by atoms with E-state index in [1.807, 2.05) is 39.0 Å². The molecule has 0 saturated heterocycles. The van der Waals surface area contributed by atoms with Crippen molar-refractivity contribution in [3.05, 3.63) is 53.6 Å². The number of carbonyl (C=O) groups is 1. The summed E-state index contributed by atoms with van der Waals surface area (Å²) in [5.74, 6) is 0.663. The van der Waals surface area contributed by atoms with Gasteiger partial charge in [-0.25, -0.2) is 0 Å². The van der Waals surface area contributed by atoms with Crippen LogP contribution in [0.1, 0.15) is 23.7 Å². The molecule has 0 bridgehead atoms. The van der Waals surface area contributed by atoms with E-state index in [1.54, 1.807) is 30.5 Å². The second-order valence-corrected chi connectivity index (χ2v) is 5.79. The Hall–Kier alpha value is -2.43. The molecular weight excluding hydrogens is 290 g/mol. The molecule has 1 heterocycles. The first-order valence-electron chi connectivity index (χ1n) is 7.68. The van der Waals surface area contributed by atoms with E-state index in [-0.39, 0.29) is 18.6 Å². The molecule has 5 nitrogen and oxygen atoms in total. The first-order valence-corrected chi connectivity index (χ1v) is 7.68. The third-order valence-electron chi connectivity index (χ3n) is 4.02. The molecule has 0 aliphatic rings. The maximum atomic E-state index is 12.3. The summed E-state index contributed by atoms with van der Waals surface area (Å²) in [7, 11) is 1.78. The second-order valence-electron chi connectivity index (χ2n) is 5.79. The van der Waals surface area contributed by atoms with Crippen LogP contribution in [0.2, 0.25) is 0 Å². The zero-order valence-corrected chi connectivity index (χ0v) is 14.1. The summed E-state index contributed by atoms with van der Waals surface area (Å²) >= 11 is 0. The van der Waals surface area contributed by atoms with Gasteiger partial charge in [-0.15, -0.1) is 0 Å². The number of hydrogen-bond donors (Lipinski definition) is 0. The molecule has 0 aliphatic carbocycles. The third-order valence-corrected chi connectivity index (χ3v) is 4.02. The van der Waals surface area contributed by atoms with E-state index in [0.717, 1.165) is 17.0 Å². The first-order chi connectivity index (χ1) is 11.0. The molecule has 2 aromatic rings. The maximum absolute atomic E-state index is 12.3. The van der Waals surface area contributed by atoms with E-state index >= 15 is 0 Å². The van der Waals surface area contributed by atoms with E-state index in [9.17, 15) is 4.79 Å². The number of carbonyl (C=O) groups excluding carboxylic acids is 1. The van der Waals surface area contributed by atoms with Gasteiger partial charge in [0.05, 0.1) is 5.69 Å². The van der Waals surface area contributed by atoms with Gasteiger partial charge >= 0.3 is 0 Å². The molecule has 0 unspecified atom stereocenters. The summed E-state index contributed by atoms with van der Waals surface area (Å²) in [4.78, 5) is 22.2. The standard InChI is InChI=1S/C18H23N3O2/c1-13-5-6-17(9-14(13)2)23-12-18(22)21(4)15(3)10-16-11-19-7-8-20-16/h5-9,11,15H,10,12H2,1-4H3/t15-/m1/s1. The summed E-state index contributed by atoms with van der Waals surface area (Å²) in [6.07, 6.45) is 5.69. The number of ether oxygens (including phenoxy) is 1. The van der Waals surface area contributed by atoms with Crippen LogP contribution >= 0.6 is 0 Å². The van der Waals surface area contributed by atoms with E-state index in [1.165, 1.54) is 5.56 Å². The SMILES string of the molecule is Cc1ccc(OCC(=O)N(C)[C@H](C)Cc2cnccn2)cc1C. The van der Waals surface area contributed by atoms with Gasteiger partial charge in [0.25, 0.3) is 5.91 Å². The predicted molar refractivity (Wildman–Crippen MR) is 89.4 cm³/mol. The fraction of sp³-hybridized carbons (Fsp3) is 0.389. The van der Waals surface area contributed by atoms with E-state index in [0.29, 0.717) is 6.42 Å². The van der Waals surface area contributed by atoms with Crippen molar-refractivity contribution in [3.63, 3.8) is 0 Å². The zero-order chi connectivity index (χ0) is 16.8. The monoisotopic (exact) mass is 313 g/mol. The Labute approximate surface area is 137 Å². The van der Waals surface area contributed by atoms with Crippen molar-refractivity contribution < 1.29 is 9.53 Å². The highest BCUT2D eigenvalue weighted by molar-refractivity contribution is 5.77. The molecule has 122 valence electrons. The van der Waals surface area contributed by atoms with Crippen LogP contribution < -0.4 is 4.74 Å². The molecule has 1 atom stereocenters. The van der Waals surface area contributed by atoms with Gasteiger partial charge in [0, 0.05) is 38.1 Å². The van der Waals surface area contributed by atoms with E-state index in [4.69, 9.17) is 4.74 Å². The number of hydrogen-bond acceptors (Lipinski definition) is 4. The van der Waals surface area contributed by atoms with Gasteiger partial charge in [0.1, 0.15) is 5.75 Å². The molecule has 0 radical (unpaired) electrons. The van der Waals surface area contributed by atoms with Gasteiger partial charge < -0.3 is 9.64 Å². The van der Waals surface area contributed by atoms with Crippen LogP contribution in [0.25, 0.3) is 0 Å². The van der Waals surface area contributed by atoms with Crippen LogP contribution in [-0.4, -0.2) is 40.5 Å². The number of benzene rings is 1. The molecule has 23 heavy (non-hydrogen) atoms. The Morgan fingerprint density at radius 2 is 2.04 bits per heavy atom. The fourth-order valence-corrected chi connectivity index (χ4v) is 2.17. The first kappa shape index (κ1) is 16.9. The van der Waals surface area contributed by atoms with E-state index < -0.39 is 0 Å². The summed E-state index contributed by atoms with van der Waals surface area (Å²) in [6, 6.07) is 5.86. The van der Waals surface area contributed by atoms with Crippen molar-refractivity contribution in [2.45, 2.75) is 33.2 Å². The van der Waals surface area contributed by atoms with Crippen molar-refractivity contribution >= 4 is 5.91 Å². The molecular formula is C18H23N3O2. The van der Waals surface area contributed by atoms with Gasteiger partial charge in [-0.05, 0) is 44.0 Å². The number of likely N-dealkylation sites (N-methyl/N-ethyl adjacent to an activating group) is 1. The summed E-state index contributed by atoms with van der Waals surface area (Å²) in [5, 5.41) is 0. The second kappa shape index (κ2) is 7.72. The molecule has 1 aromatic heterocycles. The Morgan fingerprint density at radius 3 is 2.70 bits per heavy atom. The Bertz CT molecular complexity index is 659. The van der Waals surface area contributed by atoms with Crippen LogP contribution in [0.4, 0.5) is 0 Å². The van der Waals surface area contributed by atoms with Crippen molar-refractivity contribution in [3.8, 4) is 5.75 Å². The number of aryl methyl sites for hydroxylation is 2. The molecule has 0 fully saturated rings. The largest absolute Gasteiger partial charge is 0.484 e. The lowest BCUT2D eigenvalue weighted by atomic mass is 10.1. The molecule has 1 aromatic carbocycles. The fourth-order valence-electron chi connectivity index (χ4n) is 2.17. The minimum Gasteiger partial charge on any atom is -0.484 e. The molecule has 1 amide bonds. The minimum atomic E-state index is -0.0559. The van der Waals surface area contributed by atoms with Crippen molar-refractivity contribution in [1.29, 1.82) is 0 Å². The molecule has 0 saturated carbocycles. The highest BCUT2D eigenvalue weighted by Crippen LogP contribution is 2.16. The molecule has 0 N–H and O–H groups in total. The molecule has 0 aliphatic heterocycles. The Balaban J connectivity index is 1.87. The summed E-state index contributed by atoms with van der Waals surface area (Å²) in [5.41, 5.74) is 3.23. The number of rotatable bonds is 6. The number of amides is 1. The number of nitrogens with zero attached hydrogens (tertiary/aromatic N) is 3. The van der Waals surface area contributed by atoms with Gasteiger partial charge in [0.2, 0.25) is 0 Å². The van der Waals surface area contributed by atoms with Crippen molar-refractivity contribution in [2.24, 2.45) is 0 Å². The Morgan fingerprint density at radius 1 is 1.26 bits per heavy atom. The van der Waals surface area contributed by atoms with Crippen LogP contribution in [0.3, 0.4) is 0 Å². The lowest BCUT2D eigenvalue weighted by molar-refractivity contribution is -0.133. The zero-order valence-electron chi connectivity index (χ0n) is 14.1. The van der Waals surface area contributed by atoms with Gasteiger partial charge in [0.15, 0.2) is 6.61 Å². The predicted octanol–water partition coefficient (Wildman–Crippen LogP) is 2.56. The van der Waals surface area contributed by atoms with Crippen LogP contribution in [0, 0.1) is 13.8 Å². The third kappa shape index (κ3) is 4.77. The van der Waals surface area contributed by atoms with E-state index in [2.05, 4.69) is 9.97 Å². The van der Waals surface area contributed by atoms with Crippen molar-refractivity contribution in [2.75, 3.05) is 13.7 Å². The van der Waals surface area contributed by atoms with Gasteiger partial charge in [-0.3, -0.25) is 14.8 Å². The quantitative estimate of drug-likeness (QED) is 0.822. The molecule has 2 rings (SSSR count). The van der Waals surface area contributed by atoms with Crippen LogP contribution in [-0.2, 0) is 11.2 Å². The summed E-state index contributed by atoms with van der Waals surface area (Å²) < 4.78 is 5.61. The average molecular weight is 313 g/mol. The van der Waals surface area contributed by atoms with Gasteiger partial charge in [-0.1, -0.05) is 6.07 Å². The lowest BCUT2D eigenvalue weighted by Crippen LogP contribution is -2.39. The Kier molecular flexibility index (Phi) is 5.68. The minimum absolute atomic E-state index is 0.0301. The highest BCUT2D eigenvalue weighted by Gasteiger charge is 2.17. The maximum Gasteiger partial charge on any atom is 0.260 e. The lowest BCUT2D eigenvalue weighted by Gasteiger charge is -2.24. The van der Waals surface area contributed by atoms with Gasteiger partial charge in [-0.2, -0.15) is 0 Å². The van der Waals surface area contributed by atoms with Crippen molar-refractivity contribution in [1.82, 2.24) is 14.9 Å². The van der Waals surface area contributed by atoms with Crippen LogP contribution in [0.5, 0.6) is 5.75 Å². The molecule has 5 heteroatoms. The molecule has 0 spiro atoms. The van der Waals surface area contributed by atoms with Crippen LogP contribution in [0.15, 0.2) is 36.8 Å². The smallest absolute Gasteiger partial charge is 0.260 e.